The summed E-state index contributed by atoms with van der Waals surface area (Å²) in [5, 5.41) is 0. The Hall–Kier alpha value is -0.150. The lowest BCUT2D eigenvalue weighted by atomic mass is 10.1. The van der Waals surface area contributed by atoms with Gasteiger partial charge in [0.15, 0.2) is 0 Å². The molecule has 0 aromatic carbocycles. The number of hydrogen-bond donors (Lipinski definition) is 1. The van der Waals surface area contributed by atoms with E-state index in [2.05, 4.69) is 0 Å². The van der Waals surface area contributed by atoms with E-state index in [9.17, 15) is 4.39 Å². The fourth-order valence-corrected chi connectivity index (χ4v) is 1.29. The van der Waals surface area contributed by atoms with Crippen molar-refractivity contribution < 1.29 is 4.39 Å². The summed E-state index contributed by atoms with van der Waals surface area (Å²) in [5.74, 6) is 0. The molecule has 0 unspecified atom stereocenters. The minimum Gasteiger partial charge on any atom is -0.326 e. The highest BCUT2D eigenvalue weighted by Gasteiger charge is 2.21. The number of piperidine rings is 1. The van der Waals surface area contributed by atoms with Gasteiger partial charge in [-0.2, -0.15) is 0 Å². The second kappa shape index (κ2) is 2.62. The maximum absolute atomic E-state index is 12.6. The second-order valence-corrected chi connectivity index (χ2v) is 2.81. The molecule has 0 bridgehead atoms. The third-order valence-corrected chi connectivity index (χ3v) is 1.61. The monoisotopic (exact) mass is 132 g/mol. The predicted molar refractivity (Wildman–Crippen MR) is 35.0 cm³/mol. The molecule has 0 aromatic rings. The second-order valence-electron chi connectivity index (χ2n) is 2.81. The van der Waals surface area contributed by atoms with Crippen molar-refractivity contribution in [3.8, 4) is 0 Å². The van der Waals surface area contributed by atoms with E-state index in [0.717, 1.165) is 6.54 Å². The molecule has 0 saturated carbocycles. The van der Waals surface area contributed by atoms with Gasteiger partial charge in [0, 0.05) is 19.1 Å². The fraction of sp³-hybridized carbons (Fsp3) is 1.00. The van der Waals surface area contributed by atoms with Gasteiger partial charge in [-0.05, 0) is 13.5 Å². The molecule has 1 fully saturated rings. The molecule has 9 heavy (non-hydrogen) atoms. The van der Waals surface area contributed by atoms with Gasteiger partial charge in [-0.1, -0.05) is 0 Å². The van der Waals surface area contributed by atoms with Crippen LogP contribution in [0.5, 0.6) is 0 Å². The molecule has 0 aromatic heterocycles. The quantitative estimate of drug-likeness (QED) is 0.502. The molecule has 1 rings (SSSR count). The molecular weight excluding hydrogens is 119 g/mol. The average molecular weight is 132 g/mol. The van der Waals surface area contributed by atoms with E-state index in [0.29, 0.717) is 13.0 Å². The maximum Gasteiger partial charge on any atom is 0.114 e. The lowest BCUT2D eigenvalue weighted by Gasteiger charge is -2.29. The minimum absolute atomic E-state index is 0.0405. The Morgan fingerprint density at radius 2 is 2.22 bits per heavy atom. The van der Waals surface area contributed by atoms with Crippen LogP contribution >= 0.6 is 0 Å². The zero-order valence-electron chi connectivity index (χ0n) is 5.68. The van der Waals surface area contributed by atoms with Gasteiger partial charge in [-0.3, -0.25) is 0 Å². The van der Waals surface area contributed by atoms with Crippen LogP contribution in [0.25, 0.3) is 0 Å². The minimum atomic E-state index is -0.709. The van der Waals surface area contributed by atoms with E-state index < -0.39 is 6.17 Å². The number of halogens is 1. The number of rotatable bonds is 0. The van der Waals surface area contributed by atoms with Crippen molar-refractivity contribution in [2.24, 2.45) is 5.73 Å². The summed E-state index contributed by atoms with van der Waals surface area (Å²) in [5.41, 5.74) is 5.53. The summed E-state index contributed by atoms with van der Waals surface area (Å²) in [6.07, 6.45) is -0.177. The molecule has 2 nitrogen and oxygen atoms in total. The first-order valence-electron chi connectivity index (χ1n) is 3.26. The SMILES string of the molecule is CN1C[C@@H](N)C[C@H](F)C1. The normalized spacial score (nSPS) is 39.0. The highest BCUT2D eigenvalue weighted by molar-refractivity contribution is 4.78. The fourth-order valence-electron chi connectivity index (χ4n) is 1.29. The summed E-state index contributed by atoms with van der Waals surface area (Å²) in [6, 6.07) is 0.0405. The van der Waals surface area contributed by atoms with E-state index in [4.69, 9.17) is 5.73 Å². The largest absolute Gasteiger partial charge is 0.326 e. The van der Waals surface area contributed by atoms with Crippen LogP contribution in [0.4, 0.5) is 4.39 Å². The van der Waals surface area contributed by atoms with Crippen LogP contribution in [0.3, 0.4) is 0 Å². The van der Waals surface area contributed by atoms with Crippen LogP contribution in [-0.4, -0.2) is 37.3 Å². The molecule has 0 radical (unpaired) electrons. The lowest BCUT2D eigenvalue weighted by Crippen LogP contribution is -2.45. The number of likely N-dealkylation sites (N-methyl/N-ethyl adjacent to an activating group) is 1. The first kappa shape index (κ1) is 6.96. The average Bonchev–Trinajstić information content (AvgIpc) is 1.59. The zero-order chi connectivity index (χ0) is 6.85. The Labute approximate surface area is 54.8 Å². The van der Waals surface area contributed by atoms with Crippen LogP contribution < -0.4 is 5.73 Å². The Morgan fingerprint density at radius 3 is 2.67 bits per heavy atom. The van der Waals surface area contributed by atoms with Crippen molar-refractivity contribution >= 4 is 0 Å². The molecule has 2 N–H and O–H groups in total. The zero-order valence-corrected chi connectivity index (χ0v) is 5.68. The number of nitrogens with two attached hydrogens (primary N) is 1. The lowest BCUT2D eigenvalue weighted by molar-refractivity contribution is 0.147. The van der Waals surface area contributed by atoms with Crippen molar-refractivity contribution in [3.63, 3.8) is 0 Å². The molecular formula is C6H13FN2. The van der Waals surface area contributed by atoms with Crippen molar-refractivity contribution in [3.05, 3.63) is 0 Å². The van der Waals surface area contributed by atoms with Gasteiger partial charge in [0.25, 0.3) is 0 Å². The predicted octanol–water partition coefficient (Wildman–Crippen LogP) is -0.0127. The molecule has 1 heterocycles. The van der Waals surface area contributed by atoms with Crippen LogP contribution in [-0.2, 0) is 0 Å². The smallest absolute Gasteiger partial charge is 0.114 e. The molecule has 1 saturated heterocycles. The van der Waals surface area contributed by atoms with E-state index in [1.165, 1.54) is 0 Å². The number of likely N-dealkylation sites (tertiary alicyclic amines) is 1. The molecule has 2 atom stereocenters. The number of nitrogens with zero attached hydrogens (tertiary/aromatic N) is 1. The first-order valence-corrected chi connectivity index (χ1v) is 3.26. The van der Waals surface area contributed by atoms with Gasteiger partial charge < -0.3 is 10.6 Å². The molecule has 1 aliphatic rings. The van der Waals surface area contributed by atoms with Crippen LogP contribution in [0, 0.1) is 0 Å². The summed E-state index contributed by atoms with van der Waals surface area (Å²) in [4.78, 5) is 1.93. The molecule has 1 aliphatic heterocycles. The van der Waals surface area contributed by atoms with Crippen LogP contribution in [0.2, 0.25) is 0 Å². The topological polar surface area (TPSA) is 29.3 Å². The highest BCUT2D eigenvalue weighted by Crippen LogP contribution is 2.09. The maximum atomic E-state index is 12.6. The van der Waals surface area contributed by atoms with E-state index >= 15 is 0 Å². The Bertz CT molecular complexity index is 72.0. The highest BCUT2D eigenvalue weighted by atomic mass is 19.1. The van der Waals surface area contributed by atoms with Crippen molar-refractivity contribution in [1.29, 1.82) is 0 Å². The Morgan fingerprint density at radius 1 is 1.56 bits per heavy atom. The molecule has 3 heteroatoms. The van der Waals surface area contributed by atoms with Crippen LogP contribution in [0.1, 0.15) is 6.42 Å². The van der Waals surface area contributed by atoms with Gasteiger partial charge in [0.1, 0.15) is 6.17 Å². The van der Waals surface area contributed by atoms with Gasteiger partial charge in [0.2, 0.25) is 0 Å². The molecule has 0 amide bonds. The van der Waals surface area contributed by atoms with E-state index in [1.807, 2.05) is 11.9 Å². The Balaban J connectivity index is 2.34. The summed E-state index contributed by atoms with van der Waals surface area (Å²) >= 11 is 0. The molecule has 54 valence electrons. The van der Waals surface area contributed by atoms with Crippen molar-refractivity contribution in [1.82, 2.24) is 4.90 Å². The third-order valence-electron chi connectivity index (χ3n) is 1.61. The van der Waals surface area contributed by atoms with Crippen molar-refractivity contribution in [2.75, 3.05) is 20.1 Å². The van der Waals surface area contributed by atoms with E-state index in [1.54, 1.807) is 0 Å². The van der Waals surface area contributed by atoms with Gasteiger partial charge in [-0.25, -0.2) is 4.39 Å². The van der Waals surface area contributed by atoms with E-state index in [-0.39, 0.29) is 6.04 Å². The summed E-state index contributed by atoms with van der Waals surface area (Å²) in [7, 11) is 1.89. The number of hydrogen-bond acceptors (Lipinski definition) is 2. The molecule has 0 spiro atoms. The first-order chi connectivity index (χ1) is 4.18. The third kappa shape index (κ3) is 1.91. The van der Waals surface area contributed by atoms with Gasteiger partial charge in [0.05, 0.1) is 0 Å². The summed E-state index contributed by atoms with van der Waals surface area (Å²) < 4.78 is 12.6. The number of alkyl halides is 1. The summed E-state index contributed by atoms with van der Waals surface area (Å²) in [6.45, 7) is 1.38. The molecule has 0 aliphatic carbocycles. The van der Waals surface area contributed by atoms with Crippen LogP contribution in [0.15, 0.2) is 0 Å². The van der Waals surface area contributed by atoms with Gasteiger partial charge >= 0.3 is 0 Å². The van der Waals surface area contributed by atoms with Gasteiger partial charge in [-0.15, -0.1) is 0 Å². The van der Waals surface area contributed by atoms with Crippen molar-refractivity contribution in [2.45, 2.75) is 18.6 Å². The Kier molecular flexibility index (Phi) is 2.03. The standard InChI is InChI=1S/C6H13FN2/c1-9-3-5(7)2-6(8)4-9/h5-6H,2-4,8H2,1H3/t5-,6-/m0/s1.